The van der Waals surface area contributed by atoms with E-state index in [2.05, 4.69) is 24.2 Å². The molecule has 0 aromatic heterocycles. The van der Waals surface area contributed by atoms with Crippen LogP contribution in [0.15, 0.2) is 24.3 Å². The van der Waals surface area contributed by atoms with E-state index in [-0.39, 0.29) is 38.2 Å². The molecule has 1 aromatic carbocycles. The van der Waals surface area contributed by atoms with E-state index in [9.17, 15) is 34.5 Å². The fourth-order valence-corrected chi connectivity index (χ4v) is 4.81. The van der Waals surface area contributed by atoms with E-state index in [0.717, 1.165) is 44.3 Å². The first-order valence-corrected chi connectivity index (χ1v) is 12.3. The van der Waals surface area contributed by atoms with E-state index in [1.165, 1.54) is 0 Å². The van der Waals surface area contributed by atoms with Crippen LogP contribution < -0.4 is 10.1 Å². The molecule has 1 unspecified atom stereocenters. The van der Waals surface area contributed by atoms with Gasteiger partial charge in [0.2, 0.25) is 0 Å². The van der Waals surface area contributed by atoms with E-state index in [1.54, 1.807) is 32.0 Å². The summed E-state index contributed by atoms with van der Waals surface area (Å²) in [6.45, 7) is 7.10. The molecule has 1 aliphatic heterocycles. The molecule has 10 nitrogen and oxygen atoms in total. The quantitative estimate of drug-likeness (QED) is 0.230. The number of rotatable bonds is 11. The molecule has 4 N–H and O–H groups in total. The van der Waals surface area contributed by atoms with Gasteiger partial charge in [0, 0.05) is 12.0 Å². The Morgan fingerprint density at radius 3 is 2.34 bits per heavy atom. The number of likely N-dealkylation sites (tertiary alicyclic amines) is 1. The summed E-state index contributed by atoms with van der Waals surface area (Å²) in [7, 11) is 2.09. The van der Waals surface area contributed by atoms with E-state index in [0.29, 0.717) is 0 Å². The highest BCUT2D eigenvalue weighted by molar-refractivity contribution is 7.59. The molecule has 0 aliphatic carbocycles. The maximum atomic E-state index is 12.7. The van der Waals surface area contributed by atoms with Gasteiger partial charge in [-0.05, 0) is 56.5 Å². The summed E-state index contributed by atoms with van der Waals surface area (Å²) >= 11 is 0. The summed E-state index contributed by atoms with van der Waals surface area (Å²) in [5.74, 6) is -5.45. The predicted octanol–water partition coefficient (Wildman–Crippen LogP) is 2.40. The number of nitrogens with one attached hydrogen (secondary N) is 1. The van der Waals surface area contributed by atoms with Gasteiger partial charge in [0.15, 0.2) is 5.60 Å². The highest BCUT2D eigenvalue weighted by Gasteiger charge is 2.43. The number of carboxylic acid groups (broad SMARTS) is 2. The highest BCUT2D eigenvalue weighted by Crippen LogP contribution is 2.37. The lowest BCUT2D eigenvalue weighted by Crippen LogP contribution is -2.55. The second kappa shape index (κ2) is 15.3. The fourth-order valence-electron chi connectivity index (χ4n) is 4.81. The standard InChI is InChI=1S/C26H38N2O8.2H2S/c1-5-25(11-6-7-12-28(4)16-25)18-9-8-10-19(13-18)36-21(31)15-26(35,14-20(29)30)24(34)27-22(17(2)3)23(32)33;;/h8-10,13,17,22,35H,5-7,11-12,14-16H2,1-4H3,(H,27,34)(H,29,30)(H,32,33);2*1H2/t22-,25?,26-;;/m0../s1. The van der Waals surface area contributed by atoms with E-state index in [4.69, 9.17) is 4.74 Å². The van der Waals surface area contributed by atoms with Crippen molar-refractivity contribution in [2.45, 2.75) is 76.4 Å². The number of carboxylic acids is 2. The Hall–Kier alpha value is -2.28. The molecule has 0 spiro atoms. The number of amides is 1. The topological polar surface area (TPSA) is 153 Å². The van der Waals surface area contributed by atoms with Crippen molar-refractivity contribution in [2.75, 3.05) is 20.1 Å². The molecular weight excluding hydrogens is 532 g/mol. The van der Waals surface area contributed by atoms with Crippen LogP contribution in [0.5, 0.6) is 5.75 Å². The predicted molar refractivity (Wildman–Crippen MR) is 152 cm³/mol. The van der Waals surface area contributed by atoms with Gasteiger partial charge in [0.05, 0.1) is 12.8 Å². The van der Waals surface area contributed by atoms with Gasteiger partial charge in [0.25, 0.3) is 5.91 Å². The van der Waals surface area contributed by atoms with Crippen LogP contribution in [0.25, 0.3) is 0 Å². The van der Waals surface area contributed by atoms with Crippen molar-refractivity contribution in [3.05, 3.63) is 29.8 Å². The Kier molecular flexibility index (Phi) is 14.4. The number of nitrogens with zero attached hydrogens (tertiary/aromatic N) is 1. The number of esters is 1. The number of carbonyl (C=O) groups is 4. The zero-order valence-electron chi connectivity index (χ0n) is 22.5. The van der Waals surface area contributed by atoms with E-state index < -0.39 is 54.2 Å². The van der Waals surface area contributed by atoms with Crippen LogP contribution in [0.4, 0.5) is 0 Å². The highest BCUT2D eigenvalue weighted by atomic mass is 32.1. The molecule has 12 heteroatoms. The zero-order chi connectivity index (χ0) is 27.1. The Labute approximate surface area is 238 Å². The van der Waals surface area contributed by atoms with Gasteiger partial charge in [0.1, 0.15) is 11.8 Å². The lowest BCUT2D eigenvalue weighted by molar-refractivity contribution is -0.159. The third-order valence-electron chi connectivity index (χ3n) is 6.90. The van der Waals surface area contributed by atoms with Gasteiger partial charge < -0.3 is 30.3 Å². The van der Waals surface area contributed by atoms with Crippen molar-refractivity contribution < 1.29 is 39.2 Å². The summed E-state index contributed by atoms with van der Waals surface area (Å²) in [4.78, 5) is 50.5. The molecule has 1 aromatic rings. The SMILES string of the molecule is CCC1(c2cccc(OC(=O)C[C@@](O)(CC(=O)O)C(=O)N[C@H](C(=O)O)C(C)C)c2)CCCCN(C)C1.S.S. The lowest BCUT2D eigenvalue weighted by atomic mass is 9.74. The fraction of sp³-hybridized carbons (Fsp3) is 0.615. The molecular formula is C26H42N2O8S2. The number of ether oxygens (including phenoxy) is 1. The number of likely N-dealkylation sites (N-methyl/N-ethyl adjacent to an activating group) is 1. The molecule has 1 amide bonds. The Morgan fingerprint density at radius 1 is 1.13 bits per heavy atom. The van der Waals surface area contributed by atoms with E-state index in [1.807, 2.05) is 6.07 Å². The Bertz CT molecular complexity index is 976. The molecule has 2 rings (SSSR count). The van der Waals surface area contributed by atoms with Crippen LogP contribution in [0, 0.1) is 5.92 Å². The van der Waals surface area contributed by atoms with Crippen molar-refractivity contribution in [3.8, 4) is 5.75 Å². The summed E-state index contributed by atoms with van der Waals surface area (Å²) in [5, 5.41) is 31.5. The number of aliphatic hydroxyl groups is 1. The van der Waals surface area contributed by atoms with Crippen LogP contribution in [0.1, 0.15) is 64.9 Å². The molecule has 0 bridgehead atoms. The van der Waals surface area contributed by atoms with Crippen molar-refractivity contribution in [3.63, 3.8) is 0 Å². The summed E-state index contributed by atoms with van der Waals surface area (Å²) in [6, 6.07) is 5.76. The van der Waals surface area contributed by atoms with Gasteiger partial charge in [-0.15, -0.1) is 0 Å². The molecule has 1 saturated heterocycles. The van der Waals surface area contributed by atoms with Gasteiger partial charge in [-0.3, -0.25) is 14.4 Å². The minimum Gasteiger partial charge on any atom is -0.481 e. The van der Waals surface area contributed by atoms with Gasteiger partial charge in [-0.2, -0.15) is 27.0 Å². The minimum atomic E-state index is -2.68. The molecule has 1 aliphatic rings. The van der Waals surface area contributed by atoms with Gasteiger partial charge >= 0.3 is 17.9 Å². The van der Waals surface area contributed by atoms with Crippen LogP contribution in [0.2, 0.25) is 0 Å². The normalized spacial score (nSPS) is 20.1. The molecule has 3 atom stereocenters. The first-order chi connectivity index (χ1) is 16.8. The second-order valence-electron chi connectivity index (χ2n) is 10.1. The summed E-state index contributed by atoms with van der Waals surface area (Å²) < 4.78 is 5.42. The first-order valence-electron chi connectivity index (χ1n) is 12.3. The van der Waals surface area contributed by atoms with Crippen molar-refractivity contribution >= 4 is 50.8 Å². The minimum absolute atomic E-state index is 0. The maximum absolute atomic E-state index is 12.7. The maximum Gasteiger partial charge on any atom is 0.326 e. The molecule has 216 valence electrons. The van der Waals surface area contributed by atoms with E-state index >= 15 is 0 Å². The lowest BCUT2D eigenvalue weighted by Gasteiger charge is -2.35. The number of carbonyl (C=O) groups excluding carboxylic acids is 2. The first kappa shape index (κ1) is 35.7. The van der Waals surface area contributed by atoms with Crippen molar-refractivity contribution in [1.29, 1.82) is 0 Å². The third kappa shape index (κ3) is 9.48. The number of benzene rings is 1. The average Bonchev–Trinajstić information content (AvgIpc) is 2.98. The largest absolute Gasteiger partial charge is 0.481 e. The number of hydrogen-bond acceptors (Lipinski definition) is 7. The van der Waals surface area contributed by atoms with Gasteiger partial charge in [-0.1, -0.05) is 39.3 Å². The van der Waals surface area contributed by atoms with Crippen LogP contribution in [-0.2, 0) is 24.6 Å². The molecule has 38 heavy (non-hydrogen) atoms. The smallest absolute Gasteiger partial charge is 0.326 e. The number of hydrogen-bond donors (Lipinski definition) is 4. The van der Waals surface area contributed by atoms with Crippen LogP contribution >= 0.6 is 27.0 Å². The summed E-state index contributed by atoms with van der Waals surface area (Å²) in [5.41, 5.74) is -1.78. The van der Waals surface area contributed by atoms with Crippen LogP contribution in [0.3, 0.4) is 0 Å². The average molecular weight is 575 g/mol. The van der Waals surface area contributed by atoms with Gasteiger partial charge in [-0.25, -0.2) is 4.79 Å². The molecule has 1 heterocycles. The Balaban J connectivity index is 0.00000684. The second-order valence-corrected chi connectivity index (χ2v) is 10.1. The molecule has 0 saturated carbocycles. The zero-order valence-corrected chi connectivity index (χ0v) is 24.5. The Morgan fingerprint density at radius 2 is 1.79 bits per heavy atom. The van der Waals surface area contributed by atoms with Crippen molar-refractivity contribution in [1.82, 2.24) is 10.2 Å². The number of aliphatic carboxylic acids is 2. The van der Waals surface area contributed by atoms with Crippen LogP contribution in [-0.4, -0.2) is 75.8 Å². The summed E-state index contributed by atoms with van der Waals surface area (Å²) in [6.07, 6.45) is 2.02. The molecule has 1 fully saturated rings. The monoisotopic (exact) mass is 574 g/mol. The van der Waals surface area contributed by atoms with Crippen molar-refractivity contribution in [2.24, 2.45) is 5.92 Å². The molecule has 0 radical (unpaired) electrons. The third-order valence-corrected chi connectivity index (χ3v) is 6.90.